The van der Waals surface area contributed by atoms with Gasteiger partial charge in [0.05, 0.1) is 13.7 Å². The SMILES string of the molecule is CCOc1ccc(/C=C2\C(=O)NC(=S)N(C)C2=O)cc1OC. The summed E-state index contributed by atoms with van der Waals surface area (Å²) in [6.45, 7) is 2.39. The van der Waals surface area contributed by atoms with Crippen molar-refractivity contribution in [1.82, 2.24) is 10.2 Å². The average Bonchev–Trinajstić information content (AvgIpc) is 2.51. The van der Waals surface area contributed by atoms with E-state index in [2.05, 4.69) is 5.32 Å². The number of rotatable bonds is 4. The van der Waals surface area contributed by atoms with Gasteiger partial charge >= 0.3 is 0 Å². The lowest BCUT2D eigenvalue weighted by atomic mass is 10.1. The minimum Gasteiger partial charge on any atom is -0.493 e. The maximum Gasteiger partial charge on any atom is 0.265 e. The van der Waals surface area contributed by atoms with Crippen molar-refractivity contribution in [2.24, 2.45) is 0 Å². The lowest BCUT2D eigenvalue weighted by Gasteiger charge is -2.25. The van der Waals surface area contributed by atoms with Crippen molar-refractivity contribution in [3.63, 3.8) is 0 Å². The maximum atomic E-state index is 12.1. The second-order valence-corrected chi connectivity index (χ2v) is 4.91. The molecule has 0 spiro atoms. The number of hydrogen-bond acceptors (Lipinski definition) is 5. The van der Waals surface area contributed by atoms with Crippen LogP contribution in [0.4, 0.5) is 0 Å². The highest BCUT2D eigenvalue weighted by Gasteiger charge is 2.30. The Bertz CT molecular complexity index is 670. The van der Waals surface area contributed by atoms with Crippen LogP contribution in [0.3, 0.4) is 0 Å². The van der Waals surface area contributed by atoms with Gasteiger partial charge in [-0.1, -0.05) is 6.07 Å². The van der Waals surface area contributed by atoms with Crippen LogP contribution in [-0.2, 0) is 9.59 Å². The zero-order valence-electron chi connectivity index (χ0n) is 12.5. The summed E-state index contributed by atoms with van der Waals surface area (Å²) in [5, 5.41) is 2.56. The molecule has 116 valence electrons. The summed E-state index contributed by atoms with van der Waals surface area (Å²) in [4.78, 5) is 25.3. The van der Waals surface area contributed by atoms with Gasteiger partial charge < -0.3 is 9.47 Å². The molecule has 0 radical (unpaired) electrons. The number of likely N-dealkylation sites (N-methyl/N-ethyl adjacent to an activating group) is 1. The summed E-state index contributed by atoms with van der Waals surface area (Å²) in [6, 6.07) is 5.17. The van der Waals surface area contributed by atoms with Gasteiger partial charge in [0.25, 0.3) is 11.8 Å². The normalized spacial score (nSPS) is 16.8. The van der Waals surface area contributed by atoms with Crippen molar-refractivity contribution in [1.29, 1.82) is 0 Å². The van der Waals surface area contributed by atoms with E-state index in [0.29, 0.717) is 23.7 Å². The Kier molecular flexibility index (Phi) is 4.77. The highest BCUT2D eigenvalue weighted by molar-refractivity contribution is 7.80. The number of methoxy groups -OCH3 is 1. The molecule has 0 atom stereocenters. The number of carbonyl (C=O) groups is 2. The summed E-state index contributed by atoms with van der Waals surface area (Å²) in [7, 11) is 3.04. The third kappa shape index (κ3) is 3.09. The number of nitrogens with one attached hydrogen (secondary N) is 1. The molecule has 1 fully saturated rings. The maximum absolute atomic E-state index is 12.1. The molecule has 1 N–H and O–H groups in total. The summed E-state index contributed by atoms with van der Waals surface area (Å²) >= 11 is 4.90. The van der Waals surface area contributed by atoms with Crippen LogP contribution in [0.25, 0.3) is 6.08 Å². The summed E-state index contributed by atoms with van der Waals surface area (Å²) in [6.07, 6.45) is 1.49. The molecular formula is C15H16N2O4S. The Balaban J connectivity index is 2.37. The molecule has 6 nitrogen and oxygen atoms in total. The van der Waals surface area contributed by atoms with Crippen molar-refractivity contribution in [3.05, 3.63) is 29.3 Å². The van der Waals surface area contributed by atoms with Gasteiger partial charge in [-0.3, -0.25) is 19.8 Å². The highest BCUT2D eigenvalue weighted by Crippen LogP contribution is 2.29. The second-order valence-electron chi connectivity index (χ2n) is 4.52. The van der Waals surface area contributed by atoms with Gasteiger partial charge in [0, 0.05) is 7.05 Å². The van der Waals surface area contributed by atoms with Crippen molar-refractivity contribution >= 4 is 35.2 Å². The fourth-order valence-electron chi connectivity index (χ4n) is 1.96. The fraction of sp³-hybridized carbons (Fsp3) is 0.267. The molecule has 2 amide bonds. The fourth-order valence-corrected chi connectivity index (χ4v) is 2.14. The molecule has 1 aliphatic heterocycles. The van der Waals surface area contributed by atoms with Crippen LogP contribution in [0.1, 0.15) is 12.5 Å². The topological polar surface area (TPSA) is 67.9 Å². The summed E-state index contributed by atoms with van der Waals surface area (Å²) < 4.78 is 10.7. The van der Waals surface area contributed by atoms with E-state index in [-0.39, 0.29) is 10.7 Å². The summed E-state index contributed by atoms with van der Waals surface area (Å²) in [5.74, 6) is 0.177. The van der Waals surface area contributed by atoms with Crippen LogP contribution < -0.4 is 14.8 Å². The smallest absolute Gasteiger partial charge is 0.265 e. The lowest BCUT2D eigenvalue weighted by Crippen LogP contribution is -2.52. The summed E-state index contributed by atoms with van der Waals surface area (Å²) in [5.41, 5.74) is 0.669. The minimum absolute atomic E-state index is 0.0160. The number of nitrogens with zero attached hydrogens (tertiary/aromatic N) is 1. The molecule has 2 rings (SSSR count). The molecule has 1 heterocycles. The quantitative estimate of drug-likeness (QED) is 0.515. The molecule has 0 bridgehead atoms. The van der Waals surface area contributed by atoms with Crippen molar-refractivity contribution < 1.29 is 19.1 Å². The number of carbonyl (C=O) groups excluding carboxylic acids is 2. The molecular weight excluding hydrogens is 304 g/mol. The van der Waals surface area contributed by atoms with E-state index in [9.17, 15) is 9.59 Å². The van der Waals surface area contributed by atoms with E-state index in [1.807, 2.05) is 6.92 Å². The van der Waals surface area contributed by atoms with E-state index in [0.717, 1.165) is 0 Å². The van der Waals surface area contributed by atoms with Crippen LogP contribution in [0.5, 0.6) is 11.5 Å². The van der Waals surface area contributed by atoms with Gasteiger partial charge in [0.2, 0.25) is 0 Å². The third-order valence-electron chi connectivity index (χ3n) is 3.10. The van der Waals surface area contributed by atoms with Crippen LogP contribution in [0, 0.1) is 0 Å². The van der Waals surface area contributed by atoms with Crippen LogP contribution in [0.2, 0.25) is 0 Å². The molecule has 0 unspecified atom stereocenters. The number of hydrogen-bond donors (Lipinski definition) is 1. The molecule has 0 aliphatic carbocycles. The van der Waals surface area contributed by atoms with E-state index in [1.165, 1.54) is 25.1 Å². The van der Waals surface area contributed by atoms with Crippen LogP contribution in [-0.4, -0.2) is 42.6 Å². The predicted molar refractivity (Wildman–Crippen MR) is 85.7 cm³/mol. The van der Waals surface area contributed by atoms with E-state index in [4.69, 9.17) is 21.7 Å². The van der Waals surface area contributed by atoms with Gasteiger partial charge in [-0.15, -0.1) is 0 Å². The molecule has 1 aliphatic rings. The lowest BCUT2D eigenvalue weighted by molar-refractivity contribution is -0.128. The number of thiocarbonyl (C=S) groups is 1. The predicted octanol–water partition coefficient (Wildman–Crippen LogP) is 1.35. The zero-order valence-corrected chi connectivity index (χ0v) is 13.3. The number of amides is 2. The first-order valence-electron chi connectivity index (χ1n) is 6.63. The van der Waals surface area contributed by atoms with E-state index in [1.54, 1.807) is 18.2 Å². The Labute approximate surface area is 133 Å². The molecule has 7 heteroatoms. The Morgan fingerprint density at radius 2 is 2.05 bits per heavy atom. The Morgan fingerprint density at radius 3 is 2.68 bits per heavy atom. The zero-order chi connectivity index (χ0) is 16.3. The molecule has 22 heavy (non-hydrogen) atoms. The highest BCUT2D eigenvalue weighted by atomic mass is 32.1. The second kappa shape index (κ2) is 6.57. The Hall–Kier alpha value is -2.41. The molecule has 1 saturated heterocycles. The molecule has 0 aromatic heterocycles. The van der Waals surface area contributed by atoms with Crippen molar-refractivity contribution in [2.75, 3.05) is 20.8 Å². The van der Waals surface area contributed by atoms with Gasteiger partial charge in [-0.05, 0) is 42.9 Å². The Morgan fingerprint density at radius 1 is 1.32 bits per heavy atom. The standard InChI is InChI=1S/C15H16N2O4S/c1-4-21-11-6-5-9(8-12(11)20-3)7-10-13(18)16-15(22)17(2)14(10)19/h5-8H,4H2,1-3H3,(H,16,18,22)/b10-7+. The monoisotopic (exact) mass is 320 g/mol. The number of ether oxygens (including phenoxy) is 2. The first-order valence-corrected chi connectivity index (χ1v) is 7.04. The van der Waals surface area contributed by atoms with Gasteiger partial charge in [0.1, 0.15) is 5.57 Å². The minimum atomic E-state index is -0.513. The third-order valence-corrected chi connectivity index (χ3v) is 3.48. The largest absolute Gasteiger partial charge is 0.493 e. The van der Waals surface area contributed by atoms with E-state index >= 15 is 0 Å². The van der Waals surface area contributed by atoms with Gasteiger partial charge in [-0.2, -0.15) is 0 Å². The molecule has 0 saturated carbocycles. The van der Waals surface area contributed by atoms with Crippen molar-refractivity contribution in [2.45, 2.75) is 6.92 Å². The van der Waals surface area contributed by atoms with Gasteiger partial charge in [0.15, 0.2) is 16.6 Å². The van der Waals surface area contributed by atoms with Crippen molar-refractivity contribution in [3.8, 4) is 11.5 Å². The van der Waals surface area contributed by atoms with Crippen LogP contribution >= 0.6 is 12.2 Å². The molecule has 1 aromatic carbocycles. The average molecular weight is 320 g/mol. The molecule has 1 aromatic rings. The van der Waals surface area contributed by atoms with Crippen LogP contribution in [0.15, 0.2) is 23.8 Å². The first kappa shape index (κ1) is 16.0. The van der Waals surface area contributed by atoms with Gasteiger partial charge in [-0.25, -0.2) is 0 Å². The first-order chi connectivity index (χ1) is 10.5. The number of benzene rings is 1. The van der Waals surface area contributed by atoms with E-state index < -0.39 is 11.8 Å².